The van der Waals surface area contributed by atoms with Crippen LogP contribution in [0.5, 0.6) is 0 Å². The fourth-order valence-electron chi connectivity index (χ4n) is 9.60. The molecule has 9 heteroatoms. The molecule has 0 aliphatic carbocycles. The van der Waals surface area contributed by atoms with E-state index in [1.54, 1.807) is 0 Å². The van der Waals surface area contributed by atoms with Crippen molar-refractivity contribution in [2.75, 3.05) is 13.2 Å². The van der Waals surface area contributed by atoms with Gasteiger partial charge in [0.25, 0.3) is 0 Å². The molecule has 0 aromatic rings. The first-order valence-electron chi connectivity index (χ1n) is 30.5. The molecule has 7 atom stereocenters. The van der Waals surface area contributed by atoms with Crippen LogP contribution in [0.4, 0.5) is 0 Å². The van der Waals surface area contributed by atoms with E-state index in [0.717, 1.165) is 70.6 Å². The second kappa shape index (κ2) is 52.3. The quantitative estimate of drug-likeness (QED) is 0.0261. The number of hydrogen-bond acceptors (Lipinski definition) is 8. The number of unbranched alkanes of at least 4 members (excludes halogenated alkanes) is 32. The number of carbonyl (C=O) groups is 1. The average molecular weight is 1010 g/mol. The van der Waals surface area contributed by atoms with Gasteiger partial charge in [0.15, 0.2) is 6.29 Å². The third-order valence-corrected chi connectivity index (χ3v) is 14.4. The zero-order chi connectivity index (χ0) is 52.2. The maximum absolute atomic E-state index is 13.1. The topological polar surface area (TPSA) is 149 Å². The largest absolute Gasteiger partial charge is 0.394 e. The van der Waals surface area contributed by atoms with Crippen molar-refractivity contribution in [3.8, 4) is 0 Å². The van der Waals surface area contributed by atoms with Crippen molar-refractivity contribution in [1.82, 2.24) is 5.32 Å². The van der Waals surface area contributed by atoms with Gasteiger partial charge < -0.3 is 40.3 Å². The number of ether oxygens (including phenoxy) is 2. The second-order valence-corrected chi connectivity index (χ2v) is 21.1. The van der Waals surface area contributed by atoms with Gasteiger partial charge in [-0.2, -0.15) is 0 Å². The first-order chi connectivity index (χ1) is 35.3. The first-order valence-corrected chi connectivity index (χ1v) is 30.5. The van der Waals surface area contributed by atoms with Crippen LogP contribution in [0.2, 0.25) is 0 Å². The number of hydrogen-bond donors (Lipinski definition) is 6. The molecule has 9 nitrogen and oxygen atoms in total. The fourth-order valence-corrected chi connectivity index (χ4v) is 9.60. The smallest absolute Gasteiger partial charge is 0.220 e. The summed E-state index contributed by atoms with van der Waals surface area (Å²) in [5, 5.41) is 54.6. The van der Waals surface area contributed by atoms with Gasteiger partial charge >= 0.3 is 0 Å². The molecular formula is C63H115NO8. The highest BCUT2D eigenvalue weighted by molar-refractivity contribution is 5.76. The fraction of sp³-hybridized carbons (Fsp3) is 0.825. The van der Waals surface area contributed by atoms with E-state index >= 15 is 0 Å². The normalized spacial score (nSPS) is 19.6. The predicted molar refractivity (Wildman–Crippen MR) is 304 cm³/mol. The van der Waals surface area contributed by atoms with Crippen molar-refractivity contribution in [2.24, 2.45) is 0 Å². The molecule has 0 radical (unpaired) electrons. The van der Waals surface area contributed by atoms with Gasteiger partial charge in [-0.15, -0.1) is 0 Å². The molecule has 6 N–H and O–H groups in total. The molecule has 0 saturated carbocycles. The molecule has 1 saturated heterocycles. The molecule has 1 aliphatic rings. The van der Waals surface area contributed by atoms with E-state index < -0.39 is 49.5 Å². The summed E-state index contributed by atoms with van der Waals surface area (Å²) in [7, 11) is 0. The van der Waals surface area contributed by atoms with Crippen molar-refractivity contribution < 1.29 is 39.8 Å². The van der Waals surface area contributed by atoms with Gasteiger partial charge in [0, 0.05) is 6.42 Å². The number of aliphatic hydroxyl groups is 5. The molecule has 1 fully saturated rings. The lowest BCUT2D eigenvalue weighted by Crippen LogP contribution is -2.60. The summed E-state index contributed by atoms with van der Waals surface area (Å²) in [6.07, 6.45) is 64.2. The molecular weight excluding hydrogens is 899 g/mol. The Balaban J connectivity index is 2.05. The van der Waals surface area contributed by atoms with E-state index in [2.05, 4.69) is 79.9 Å². The highest BCUT2D eigenvalue weighted by Crippen LogP contribution is 2.23. The van der Waals surface area contributed by atoms with Gasteiger partial charge in [-0.25, -0.2) is 0 Å². The predicted octanol–water partition coefficient (Wildman–Crippen LogP) is 15.5. The minimum Gasteiger partial charge on any atom is -0.394 e. The van der Waals surface area contributed by atoms with Gasteiger partial charge in [0.05, 0.1) is 25.4 Å². The summed E-state index contributed by atoms with van der Waals surface area (Å²) >= 11 is 0. The summed E-state index contributed by atoms with van der Waals surface area (Å²) in [5.74, 6) is -0.142. The van der Waals surface area contributed by atoms with Crippen LogP contribution >= 0.6 is 0 Å². The minimum absolute atomic E-state index is 0.136. The Labute approximate surface area is 443 Å². The van der Waals surface area contributed by atoms with Gasteiger partial charge in [-0.3, -0.25) is 4.79 Å². The van der Waals surface area contributed by atoms with Crippen LogP contribution in [0, 0.1) is 0 Å². The third kappa shape index (κ3) is 41.2. The number of allylic oxidation sites excluding steroid dienone is 10. The van der Waals surface area contributed by atoms with E-state index in [1.165, 1.54) is 180 Å². The lowest BCUT2D eigenvalue weighted by Gasteiger charge is -2.40. The summed E-state index contributed by atoms with van der Waals surface area (Å²) in [6.45, 7) is 3.73. The van der Waals surface area contributed by atoms with Crippen molar-refractivity contribution in [1.29, 1.82) is 0 Å². The highest BCUT2D eigenvalue weighted by atomic mass is 16.7. The Morgan fingerprint density at radius 1 is 0.486 bits per heavy atom. The zero-order valence-electron chi connectivity index (χ0n) is 46.7. The van der Waals surface area contributed by atoms with E-state index in [0.29, 0.717) is 12.8 Å². The van der Waals surface area contributed by atoms with Crippen molar-refractivity contribution in [3.05, 3.63) is 60.8 Å². The van der Waals surface area contributed by atoms with Gasteiger partial charge in [-0.05, 0) is 57.8 Å². The molecule has 1 rings (SSSR count). The van der Waals surface area contributed by atoms with E-state index in [9.17, 15) is 30.3 Å². The summed E-state index contributed by atoms with van der Waals surface area (Å²) in [5.41, 5.74) is 0. The number of rotatable bonds is 52. The maximum atomic E-state index is 13.1. The SMILES string of the molecule is CC/C=C\C/C=C\C/C=C\C/C=C\C/C=C\CCCCCCCCCCCCCCCCCCCCCCCC(=O)NC(COC1OC(CO)C(O)C(O)C1O)C(O)CCCCCCCCCCCCCC. The van der Waals surface area contributed by atoms with E-state index in [1.807, 2.05) is 0 Å². The van der Waals surface area contributed by atoms with E-state index in [4.69, 9.17) is 9.47 Å². The Hall–Kier alpha value is -2.11. The van der Waals surface area contributed by atoms with Gasteiger partial charge in [0.2, 0.25) is 5.91 Å². The Morgan fingerprint density at radius 3 is 1.28 bits per heavy atom. The lowest BCUT2D eigenvalue weighted by atomic mass is 9.99. The average Bonchev–Trinajstić information content (AvgIpc) is 3.38. The maximum Gasteiger partial charge on any atom is 0.220 e. The molecule has 0 aromatic carbocycles. The van der Waals surface area contributed by atoms with Gasteiger partial charge in [0.1, 0.15) is 24.4 Å². The lowest BCUT2D eigenvalue weighted by molar-refractivity contribution is -0.302. The van der Waals surface area contributed by atoms with Crippen LogP contribution in [-0.4, -0.2) is 87.5 Å². The molecule has 1 heterocycles. The van der Waals surface area contributed by atoms with Crippen LogP contribution in [-0.2, 0) is 14.3 Å². The van der Waals surface area contributed by atoms with E-state index in [-0.39, 0.29) is 12.5 Å². The molecule has 0 aromatic heterocycles. The number of amides is 1. The summed E-state index contributed by atoms with van der Waals surface area (Å²) in [4.78, 5) is 13.1. The first kappa shape index (κ1) is 67.9. The van der Waals surface area contributed by atoms with Crippen LogP contribution in [0.25, 0.3) is 0 Å². The summed E-state index contributed by atoms with van der Waals surface area (Å²) in [6, 6.07) is -0.717. The molecule has 72 heavy (non-hydrogen) atoms. The van der Waals surface area contributed by atoms with Crippen molar-refractivity contribution >= 4 is 5.91 Å². The molecule has 0 bridgehead atoms. The van der Waals surface area contributed by atoms with Crippen LogP contribution in [0.15, 0.2) is 60.8 Å². The number of carbonyl (C=O) groups excluding carboxylic acids is 1. The molecule has 420 valence electrons. The van der Waals surface area contributed by atoms with Gasteiger partial charge in [-0.1, -0.05) is 274 Å². The number of aliphatic hydroxyl groups excluding tert-OH is 5. The van der Waals surface area contributed by atoms with Crippen molar-refractivity contribution in [2.45, 2.75) is 320 Å². The minimum atomic E-state index is -1.55. The monoisotopic (exact) mass is 1010 g/mol. The highest BCUT2D eigenvalue weighted by Gasteiger charge is 2.44. The Bertz CT molecular complexity index is 1310. The Kier molecular flexibility index (Phi) is 49.4. The third-order valence-electron chi connectivity index (χ3n) is 14.4. The molecule has 1 aliphatic heterocycles. The summed E-state index contributed by atoms with van der Waals surface area (Å²) < 4.78 is 11.3. The standard InChI is InChI=1S/C63H115NO8/c1-3-5-7-9-11-13-15-17-18-19-20-21-22-23-24-25-26-27-28-29-30-31-32-33-34-35-36-37-38-39-40-41-43-45-47-49-51-53-59(67)64-56(55-71-63-62(70)61(69)60(68)58(54-65)72-63)57(66)52-50-48-46-44-42-16-14-12-10-8-6-4-2/h5,7,11,13,17-18,20-21,23-24,56-58,60-63,65-66,68-70H,3-4,6,8-10,12,14-16,19,22,25-55H2,1-2H3,(H,64,67)/b7-5-,13-11-,18-17-,21-20-,24-23-. The Morgan fingerprint density at radius 2 is 0.861 bits per heavy atom. The molecule has 1 amide bonds. The zero-order valence-corrected chi connectivity index (χ0v) is 46.7. The van der Waals surface area contributed by atoms with Crippen LogP contribution < -0.4 is 5.32 Å². The second-order valence-electron chi connectivity index (χ2n) is 21.1. The molecule has 0 spiro atoms. The number of nitrogens with one attached hydrogen (secondary N) is 1. The van der Waals surface area contributed by atoms with Crippen LogP contribution in [0.1, 0.15) is 277 Å². The molecule has 7 unspecified atom stereocenters. The van der Waals surface area contributed by atoms with Crippen molar-refractivity contribution in [3.63, 3.8) is 0 Å². The van der Waals surface area contributed by atoms with Crippen LogP contribution in [0.3, 0.4) is 0 Å².